The monoisotopic (exact) mass is 367 g/mol. The molecule has 0 fully saturated rings. The molecule has 6 heteroatoms. The molecule has 3 rings (SSSR count). The molecule has 0 atom stereocenters. The number of nitrogens with one attached hydrogen (secondary N) is 2. The summed E-state index contributed by atoms with van der Waals surface area (Å²) in [7, 11) is 1.81. The third-order valence-electron chi connectivity index (χ3n) is 4.03. The van der Waals surface area contributed by atoms with Gasteiger partial charge < -0.3 is 15.2 Å². The van der Waals surface area contributed by atoms with Crippen LogP contribution in [0.25, 0.3) is 11.0 Å². The van der Waals surface area contributed by atoms with Crippen LogP contribution >= 0.6 is 11.8 Å². The normalized spacial score (nSPS) is 11.7. The van der Waals surface area contributed by atoms with Crippen LogP contribution in [0.5, 0.6) is 0 Å². The summed E-state index contributed by atoms with van der Waals surface area (Å²) < 4.78 is 2.20. The van der Waals surface area contributed by atoms with Crippen molar-refractivity contribution in [2.75, 3.05) is 25.9 Å². The first kappa shape index (κ1) is 18.3. The molecule has 0 saturated heterocycles. The van der Waals surface area contributed by atoms with Crippen LogP contribution in [-0.2, 0) is 6.54 Å². The van der Waals surface area contributed by atoms with Gasteiger partial charge in [-0.1, -0.05) is 30.3 Å². The summed E-state index contributed by atoms with van der Waals surface area (Å²) in [5.74, 6) is 1.86. The first-order chi connectivity index (χ1) is 12.9. The summed E-state index contributed by atoms with van der Waals surface area (Å²) in [6.07, 6.45) is 2.93. The molecule has 0 amide bonds. The van der Waals surface area contributed by atoms with Gasteiger partial charge in [-0.2, -0.15) is 0 Å². The summed E-state index contributed by atoms with van der Waals surface area (Å²) in [6, 6.07) is 18.7. The lowest BCUT2D eigenvalue weighted by Crippen LogP contribution is -2.39. The van der Waals surface area contributed by atoms with Gasteiger partial charge in [0.15, 0.2) is 5.96 Å². The van der Waals surface area contributed by atoms with E-state index in [1.165, 1.54) is 10.4 Å². The van der Waals surface area contributed by atoms with E-state index in [0.29, 0.717) is 0 Å². The Hall–Kier alpha value is -2.47. The van der Waals surface area contributed by atoms with Crippen molar-refractivity contribution < 1.29 is 0 Å². The molecular weight excluding hydrogens is 342 g/mol. The lowest BCUT2D eigenvalue weighted by Gasteiger charge is -2.12. The molecule has 0 saturated carbocycles. The number of guanidine groups is 1. The van der Waals surface area contributed by atoms with Crippen molar-refractivity contribution in [2.24, 2.45) is 4.99 Å². The maximum Gasteiger partial charge on any atom is 0.191 e. The van der Waals surface area contributed by atoms with Crippen molar-refractivity contribution in [2.45, 2.75) is 17.9 Å². The Morgan fingerprint density at radius 2 is 1.81 bits per heavy atom. The first-order valence-corrected chi connectivity index (χ1v) is 9.87. The maximum atomic E-state index is 4.43. The molecule has 0 radical (unpaired) electrons. The van der Waals surface area contributed by atoms with E-state index in [1.807, 2.05) is 43.3 Å². The number of para-hydroxylation sites is 2. The molecule has 0 aliphatic carbocycles. The minimum absolute atomic E-state index is 0.856. The molecular formula is C20H25N5S. The smallest absolute Gasteiger partial charge is 0.191 e. The molecule has 0 spiro atoms. The Morgan fingerprint density at radius 3 is 2.65 bits per heavy atom. The Bertz CT molecular complexity index is 828. The van der Waals surface area contributed by atoms with E-state index in [2.05, 4.69) is 61.6 Å². The average Bonchev–Trinajstić information content (AvgIpc) is 3.11. The fourth-order valence-corrected chi connectivity index (χ4v) is 3.51. The van der Waals surface area contributed by atoms with E-state index in [0.717, 1.165) is 43.3 Å². The zero-order chi connectivity index (χ0) is 18.0. The van der Waals surface area contributed by atoms with Crippen molar-refractivity contribution in [3.8, 4) is 0 Å². The van der Waals surface area contributed by atoms with Crippen LogP contribution in [0.2, 0.25) is 0 Å². The van der Waals surface area contributed by atoms with Crippen LogP contribution in [0.15, 0.2) is 70.8 Å². The highest BCUT2D eigenvalue weighted by molar-refractivity contribution is 7.99. The third kappa shape index (κ3) is 5.26. The lowest BCUT2D eigenvalue weighted by molar-refractivity contribution is 0.638. The standard InChI is InChI=1S/C20H25N5S/c1-21-20(23-13-15-26-17-8-3-2-4-9-17)22-12-7-14-25-16-24-18-10-5-6-11-19(18)25/h2-6,8-11,16H,7,12-15H2,1H3,(H2,21,22,23). The number of benzene rings is 2. The van der Waals surface area contributed by atoms with Crippen molar-refractivity contribution in [1.82, 2.24) is 20.2 Å². The summed E-state index contributed by atoms with van der Waals surface area (Å²) in [5, 5.41) is 6.74. The summed E-state index contributed by atoms with van der Waals surface area (Å²) in [6.45, 7) is 2.69. The first-order valence-electron chi connectivity index (χ1n) is 8.89. The second kappa shape index (κ2) is 9.87. The van der Waals surface area contributed by atoms with Gasteiger partial charge in [-0.25, -0.2) is 4.98 Å². The summed E-state index contributed by atoms with van der Waals surface area (Å²) in [4.78, 5) is 10.0. The zero-order valence-corrected chi connectivity index (χ0v) is 15.9. The van der Waals surface area contributed by atoms with E-state index in [9.17, 15) is 0 Å². The highest BCUT2D eigenvalue weighted by Crippen LogP contribution is 2.15. The number of hydrogen-bond donors (Lipinski definition) is 2. The molecule has 136 valence electrons. The van der Waals surface area contributed by atoms with Crippen LogP contribution < -0.4 is 10.6 Å². The van der Waals surface area contributed by atoms with Gasteiger partial charge >= 0.3 is 0 Å². The van der Waals surface area contributed by atoms with E-state index < -0.39 is 0 Å². The number of fused-ring (bicyclic) bond motifs is 1. The number of rotatable bonds is 8. The van der Waals surface area contributed by atoms with Crippen molar-refractivity contribution in [3.05, 3.63) is 60.9 Å². The number of aryl methyl sites for hydroxylation is 1. The van der Waals surface area contributed by atoms with Crippen LogP contribution in [0.3, 0.4) is 0 Å². The molecule has 3 aromatic rings. The zero-order valence-electron chi connectivity index (χ0n) is 15.1. The van der Waals surface area contributed by atoms with Gasteiger partial charge in [0.05, 0.1) is 17.4 Å². The fraction of sp³-hybridized carbons (Fsp3) is 0.300. The molecule has 26 heavy (non-hydrogen) atoms. The Balaban J connectivity index is 1.34. The second-order valence-corrected chi connectivity index (χ2v) is 7.04. The number of hydrogen-bond acceptors (Lipinski definition) is 3. The number of aliphatic imine (C=N–C) groups is 1. The summed E-state index contributed by atoms with van der Waals surface area (Å²) >= 11 is 1.85. The molecule has 5 nitrogen and oxygen atoms in total. The largest absolute Gasteiger partial charge is 0.356 e. The Kier molecular flexibility index (Phi) is 6.96. The Labute approximate surface area is 158 Å². The lowest BCUT2D eigenvalue weighted by atomic mass is 10.3. The summed E-state index contributed by atoms with van der Waals surface area (Å²) in [5.41, 5.74) is 2.24. The predicted octanol–water partition coefficient (Wildman–Crippen LogP) is 3.38. The number of thioether (sulfide) groups is 1. The van der Waals surface area contributed by atoms with Crippen molar-refractivity contribution >= 4 is 28.8 Å². The van der Waals surface area contributed by atoms with Crippen LogP contribution in [0.1, 0.15) is 6.42 Å². The van der Waals surface area contributed by atoms with Gasteiger partial charge in [-0.15, -0.1) is 11.8 Å². The Morgan fingerprint density at radius 1 is 1.04 bits per heavy atom. The molecule has 0 unspecified atom stereocenters. The second-order valence-electron chi connectivity index (χ2n) is 5.87. The van der Waals surface area contributed by atoms with E-state index in [4.69, 9.17) is 0 Å². The predicted molar refractivity (Wildman–Crippen MR) is 111 cm³/mol. The molecule has 1 heterocycles. The number of nitrogens with zero attached hydrogens (tertiary/aromatic N) is 3. The van der Waals surface area contributed by atoms with Crippen molar-refractivity contribution in [1.29, 1.82) is 0 Å². The quantitative estimate of drug-likeness (QED) is 0.277. The molecule has 0 aliphatic rings. The van der Waals surface area contributed by atoms with Gasteiger partial charge in [0.1, 0.15) is 0 Å². The highest BCUT2D eigenvalue weighted by atomic mass is 32.2. The average molecular weight is 368 g/mol. The topological polar surface area (TPSA) is 54.2 Å². The molecule has 0 aliphatic heterocycles. The molecule has 1 aromatic heterocycles. The van der Waals surface area contributed by atoms with Gasteiger partial charge in [-0.05, 0) is 30.7 Å². The minimum atomic E-state index is 0.856. The van der Waals surface area contributed by atoms with Crippen molar-refractivity contribution in [3.63, 3.8) is 0 Å². The van der Waals surface area contributed by atoms with E-state index in [-0.39, 0.29) is 0 Å². The number of imidazole rings is 1. The number of aromatic nitrogens is 2. The minimum Gasteiger partial charge on any atom is -0.356 e. The van der Waals surface area contributed by atoms with Crippen LogP contribution in [-0.4, -0.2) is 41.4 Å². The van der Waals surface area contributed by atoms with E-state index in [1.54, 1.807) is 0 Å². The van der Waals surface area contributed by atoms with Crippen LogP contribution in [0.4, 0.5) is 0 Å². The fourth-order valence-electron chi connectivity index (χ4n) is 2.72. The SMILES string of the molecule is CN=C(NCCCn1cnc2ccccc21)NCCSc1ccccc1. The van der Waals surface area contributed by atoms with Gasteiger partial charge in [0.2, 0.25) is 0 Å². The molecule has 0 bridgehead atoms. The van der Waals surface area contributed by atoms with E-state index >= 15 is 0 Å². The molecule has 2 aromatic carbocycles. The highest BCUT2D eigenvalue weighted by Gasteiger charge is 2.02. The molecule has 2 N–H and O–H groups in total. The van der Waals surface area contributed by atoms with Gasteiger partial charge in [0, 0.05) is 37.3 Å². The van der Waals surface area contributed by atoms with Crippen LogP contribution in [0, 0.1) is 0 Å². The maximum absolute atomic E-state index is 4.43. The van der Waals surface area contributed by atoms with Gasteiger partial charge in [-0.3, -0.25) is 4.99 Å². The third-order valence-corrected chi connectivity index (χ3v) is 5.04. The van der Waals surface area contributed by atoms with Gasteiger partial charge in [0.25, 0.3) is 0 Å².